The lowest BCUT2D eigenvalue weighted by atomic mass is 9.80. The molecule has 0 radical (unpaired) electrons. The molecule has 0 aromatic heterocycles. The summed E-state index contributed by atoms with van der Waals surface area (Å²) in [7, 11) is 0. The van der Waals surface area contributed by atoms with Gasteiger partial charge in [0.15, 0.2) is 0 Å². The third-order valence-corrected chi connectivity index (χ3v) is 4.23. The molecule has 1 aliphatic heterocycles. The summed E-state index contributed by atoms with van der Waals surface area (Å²) >= 11 is 0. The molecule has 98 valence electrons. The minimum atomic E-state index is -4.86. The summed E-state index contributed by atoms with van der Waals surface area (Å²) in [6, 6.07) is 0.382. The molecular formula is C12H20BF3N-. The molecule has 2 fully saturated rings. The van der Waals surface area contributed by atoms with Gasteiger partial charge in [-0.05, 0) is 44.7 Å². The number of hydrogen-bond acceptors (Lipinski definition) is 1. The lowest BCUT2D eigenvalue weighted by Gasteiger charge is -2.32. The maximum Gasteiger partial charge on any atom is 0.506 e. The van der Waals surface area contributed by atoms with E-state index in [1.165, 1.54) is 25.7 Å². The Bertz CT molecular complexity index is 284. The summed E-state index contributed by atoms with van der Waals surface area (Å²) < 4.78 is 37.6. The fraction of sp³-hybridized carbons (Fsp3) is 0.833. The van der Waals surface area contributed by atoms with E-state index >= 15 is 0 Å². The minimum Gasteiger partial charge on any atom is -0.445 e. The average Bonchev–Trinajstić information content (AvgIpc) is 2.83. The Labute approximate surface area is 101 Å². The van der Waals surface area contributed by atoms with Crippen molar-refractivity contribution in [2.75, 3.05) is 13.1 Å². The van der Waals surface area contributed by atoms with Crippen LogP contribution >= 0.6 is 0 Å². The van der Waals surface area contributed by atoms with Crippen molar-refractivity contribution in [3.05, 3.63) is 12.1 Å². The van der Waals surface area contributed by atoms with E-state index in [2.05, 4.69) is 6.58 Å². The maximum atomic E-state index is 12.5. The largest absolute Gasteiger partial charge is 0.506 e. The van der Waals surface area contributed by atoms with Crippen molar-refractivity contribution in [2.45, 2.75) is 44.6 Å². The summed E-state index contributed by atoms with van der Waals surface area (Å²) in [6.07, 6.45) is 7.01. The van der Waals surface area contributed by atoms with Gasteiger partial charge in [-0.25, -0.2) is 0 Å². The minimum absolute atomic E-state index is 0.0324. The predicted molar refractivity (Wildman–Crippen MR) is 64.8 cm³/mol. The molecule has 0 spiro atoms. The Morgan fingerprint density at radius 3 is 2.35 bits per heavy atom. The van der Waals surface area contributed by atoms with E-state index in [1.54, 1.807) is 0 Å². The fourth-order valence-corrected chi connectivity index (χ4v) is 3.29. The Balaban J connectivity index is 1.93. The quantitative estimate of drug-likeness (QED) is 0.685. The van der Waals surface area contributed by atoms with Crippen LogP contribution in [0.1, 0.15) is 38.5 Å². The van der Waals surface area contributed by atoms with Crippen LogP contribution in [0.15, 0.2) is 12.1 Å². The van der Waals surface area contributed by atoms with Crippen molar-refractivity contribution in [1.82, 2.24) is 4.90 Å². The second-order valence-corrected chi connectivity index (χ2v) is 5.46. The zero-order valence-electron chi connectivity index (χ0n) is 10.2. The summed E-state index contributed by atoms with van der Waals surface area (Å²) in [4.78, 5) is 2.02. The normalized spacial score (nSPS) is 27.8. The van der Waals surface area contributed by atoms with Crippen LogP contribution in [0, 0.1) is 5.92 Å². The van der Waals surface area contributed by atoms with Gasteiger partial charge in [-0.1, -0.05) is 12.8 Å². The van der Waals surface area contributed by atoms with Crippen LogP contribution in [0.2, 0.25) is 0 Å². The van der Waals surface area contributed by atoms with Crippen LogP contribution in [0.25, 0.3) is 0 Å². The molecule has 1 aliphatic carbocycles. The molecule has 2 aliphatic rings. The van der Waals surface area contributed by atoms with Crippen molar-refractivity contribution in [3.8, 4) is 0 Å². The van der Waals surface area contributed by atoms with E-state index in [4.69, 9.17) is 0 Å². The van der Waals surface area contributed by atoms with Gasteiger partial charge >= 0.3 is 6.98 Å². The number of nitrogens with zero attached hydrogens (tertiary/aromatic N) is 1. The van der Waals surface area contributed by atoms with Crippen LogP contribution in [0.5, 0.6) is 0 Å². The molecule has 0 aromatic rings. The van der Waals surface area contributed by atoms with Gasteiger partial charge in [0.25, 0.3) is 0 Å². The number of likely N-dealkylation sites (tertiary alicyclic amines) is 1. The van der Waals surface area contributed by atoms with Crippen LogP contribution < -0.4 is 0 Å². The maximum absolute atomic E-state index is 12.5. The zero-order chi connectivity index (χ0) is 12.5. The number of hydrogen-bond donors (Lipinski definition) is 0. The van der Waals surface area contributed by atoms with E-state index in [-0.39, 0.29) is 6.54 Å². The smallest absolute Gasteiger partial charge is 0.445 e. The molecular weight excluding hydrogens is 226 g/mol. The molecule has 0 amide bonds. The molecule has 17 heavy (non-hydrogen) atoms. The molecule has 1 saturated carbocycles. The van der Waals surface area contributed by atoms with Crippen molar-refractivity contribution in [1.29, 1.82) is 0 Å². The van der Waals surface area contributed by atoms with Crippen LogP contribution in [0.4, 0.5) is 12.9 Å². The van der Waals surface area contributed by atoms with Crippen LogP contribution in [0.3, 0.4) is 0 Å². The molecule has 1 atom stereocenters. The van der Waals surface area contributed by atoms with Crippen molar-refractivity contribution in [3.63, 3.8) is 0 Å². The average molecular weight is 246 g/mol. The SMILES string of the molecule is C=C(CN1CCCC1C1CCCC1)[B-](F)(F)F. The van der Waals surface area contributed by atoms with E-state index in [0.29, 0.717) is 12.0 Å². The Morgan fingerprint density at radius 2 is 1.76 bits per heavy atom. The fourth-order valence-electron chi connectivity index (χ4n) is 3.29. The summed E-state index contributed by atoms with van der Waals surface area (Å²) in [5, 5.41) is 0. The van der Waals surface area contributed by atoms with Gasteiger partial charge in [0.05, 0.1) is 0 Å². The topological polar surface area (TPSA) is 3.24 Å². The lowest BCUT2D eigenvalue weighted by Crippen LogP contribution is -2.39. The van der Waals surface area contributed by atoms with Crippen LogP contribution in [-0.2, 0) is 0 Å². The van der Waals surface area contributed by atoms with Gasteiger partial charge < -0.3 is 12.9 Å². The summed E-state index contributed by atoms with van der Waals surface area (Å²) in [5.41, 5.74) is -0.533. The van der Waals surface area contributed by atoms with Crippen molar-refractivity contribution < 1.29 is 12.9 Å². The molecule has 1 heterocycles. The van der Waals surface area contributed by atoms with Gasteiger partial charge in [0, 0.05) is 6.04 Å². The van der Waals surface area contributed by atoms with E-state index in [1.807, 2.05) is 4.90 Å². The van der Waals surface area contributed by atoms with E-state index < -0.39 is 12.4 Å². The van der Waals surface area contributed by atoms with Gasteiger partial charge in [-0.15, -0.1) is 12.1 Å². The molecule has 1 nitrogen and oxygen atoms in total. The molecule has 0 bridgehead atoms. The molecule has 0 aromatic carbocycles. The standard InChI is InChI=1S/C12H20BF3N/c1-10(13(14,15)16)9-17-8-4-7-12(17)11-5-2-3-6-11/h11-12H,1-9H2/q-1. The van der Waals surface area contributed by atoms with E-state index in [9.17, 15) is 12.9 Å². The Morgan fingerprint density at radius 1 is 1.12 bits per heavy atom. The van der Waals surface area contributed by atoms with Gasteiger partial charge in [-0.3, -0.25) is 4.90 Å². The van der Waals surface area contributed by atoms with Crippen molar-refractivity contribution >= 4 is 6.98 Å². The Kier molecular flexibility index (Phi) is 3.86. The monoisotopic (exact) mass is 246 g/mol. The first-order valence-corrected chi connectivity index (χ1v) is 6.60. The highest BCUT2D eigenvalue weighted by Crippen LogP contribution is 2.36. The number of halogens is 3. The lowest BCUT2D eigenvalue weighted by molar-refractivity contribution is 0.205. The van der Waals surface area contributed by atoms with E-state index in [0.717, 1.165) is 19.4 Å². The third kappa shape index (κ3) is 3.06. The molecule has 1 unspecified atom stereocenters. The van der Waals surface area contributed by atoms with Gasteiger partial charge in [-0.2, -0.15) is 0 Å². The number of rotatable bonds is 4. The predicted octanol–water partition coefficient (Wildman–Crippen LogP) is 3.58. The first kappa shape index (κ1) is 13.0. The highest BCUT2D eigenvalue weighted by Gasteiger charge is 2.35. The van der Waals surface area contributed by atoms with Gasteiger partial charge in [0.1, 0.15) is 0 Å². The second-order valence-electron chi connectivity index (χ2n) is 5.46. The Hall–Kier alpha value is -0.445. The summed E-state index contributed by atoms with van der Waals surface area (Å²) in [5.74, 6) is 0.631. The highest BCUT2D eigenvalue weighted by atomic mass is 19.4. The first-order valence-electron chi connectivity index (χ1n) is 6.60. The third-order valence-electron chi connectivity index (χ3n) is 4.23. The summed E-state index contributed by atoms with van der Waals surface area (Å²) in [6.45, 7) is -0.807. The molecule has 2 rings (SSSR count). The second kappa shape index (κ2) is 5.05. The zero-order valence-corrected chi connectivity index (χ0v) is 10.2. The first-order chi connectivity index (χ1) is 7.98. The van der Waals surface area contributed by atoms with Crippen molar-refractivity contribution in [2.24, 2.45) is 5.92 Å². The highest BCUT2D eigenvalue weighted by molar-refractivity contribution is 6.66. The van der Waals surface area contributed by atoms with Crippen LogP contribution in [-0.4, -0.2) is 31.0 Å². The molecule has 1 saturated heterocycles. The molecule has 5 heteroatoms. The van der Waals surface area contributed by atoms with Gasteiger partial charge in [0.2, 0.25) is 0 Å². The molecule has 0 N–H and O–H groups in total.